The Labute approximate surface area is 130 Å². The summed E-state index contributed by atoms with van der Waals surface area (Å²) in [4.78, 5) is 13.7. The van der Waals surface area contributed by atoms with Gasteiger partial charge in [-0.3, -0.25) is 4.79 Å². The molecule has 0 aromatic heterocycles. The predicted octanol–water partition coefficient (Wildman–Crippen LogP) is 2.64. The molecule has 1 amide bonds. The third-order valence-corrected chi connectivity index (χ3v) is 3.89. The van der Waals surface area contributed by atoms with Gasteiger partial charge in [0.1, 0.15) is 17.4 Å². The molecule has 3 nitrogen and oxygen atoms in total. The summed E-state index contributed by atoms with van der Waals surface area (Å²) in [6.07, 6.45) is 2.37. The first-order chi connectivity index (χ1) is 10.2. The van der Waals surface area contributed by atoms with E-state index < -0.39 is 17.4 Å². The van der Waals surface area contributed by atoms with Gasteiger partial charge < -0.3 is 9.64 Å². The van der Waals surface area contributed by atoms with Crippen LogP contribution in [0.1, 0.15) is 25.8 Å². The highest BCUT2D eigenvalue weighted by Crippen LogP contribution is 2.35. The van der Waals surface area contributed by atoms with Crippen LogP contribution in [0.25, 0.3) is 0 Å². The Balaban J connectivity index is 2.34. The van der Waals surface area contributed by atoms with Crippen LogP contribution < -0.4 is 0 Å². The number of hydrogen-bond donors (Lipinski definition) is 0. The molecule has 0 bridgehead atoms. The van der Waals surface area contributed by atoms with Crippen molar-refractivity contribution in [3.63, 3.8) is 0 Å². The molecule has 6 heteroatoms. The summed E-state index contributed by atoms with van der Waals surface area (Å²) in [5.74, 6) is -1.37. The first-order valence-corrected chi connectivity index (χ1v) is 7.28. The molecule has 1 heterocycles. The molecular weight excluding hydrogens is 287 g/mol. The van der Waals surface area contributed by atoms with Crippen molar-refractivity contribution >= 4 is 13.7 Å². The average Bonchev–Trinajstić information content (AvgIpc) is 2.59. The van der Waals surface area contributed by atoms with Gasteiger partial charge in [-0.05, 0) is 44.4 Å². The second-order valence-corrected chi connectivity index (χ2v) is 6.07. The highest BCUT2D eigenvalue weighted by molar-refractivity contribution is 6.57. The SMILES string of the molecule is BC(=O)N1[C@@H](Cc2cc(F)cc(F)c2)[C@H](CC=C)OC1(C)C. The second kappa shape index (κ2) is 6.20. The van der Waals surface area contributed by atoms with Crippen molar-refractivity contribution in [1.82, 2.24) is 4.90 Å². The van der Waals surface area contributed by atoms with Crippen LogP contribution in [0, 0.1) is 11.6 Å². The first kappa shape index (κ1) is 16.7. The van der Waals surface area contributed by atoms with Crippen LogP contribution in [0.3, 0.4) is 0 Å². The molecule has 0 spiro atoms. The Bertz CT molecular complexity index is 571. The fourth-order valence-electron chi connectivity index (χ4n) is 3.25. The standard InChI is InChI=1S/C16H20BF2NO2/c1-4-5-14-13(20(15(17)21)16(2,3)22-14)8-10-6-11(18)9-12(19)7-10/h4,6-7,9,13-14H,1,5,8,17H2,2-3H3/t13-,14-/m0/s1. The number of carbonyl (C=O) groups is 1. The molecule has 0 unspecified atom stereocenters. The van der Waals surface area contributed by atoms with Crippen molar-refractivity contribution in [3.05, 3.63) is 48.1 Å². The van der Waals surface area contributed by atoms with Gasteiger partial charge >= 0.3 is 0 Å². The van der Waals surface area contributed by atoms with Crippen LogP contribution >= 0.6 is 0 Å². The van der Waals surface area contributed by atoms with Crippen LogP contribution in [0.4, 0.5) is 13.6 Å². The van der Waals surface area contributed by atoms with Gasteiger partial charge in [0.25, 0.3) is 0 Å². The summed E-state index contributed by atoms with van der Waals surface area (Å²) in [6, 6.07) is 3.13. The zero-order chi connectivity index (χ0) is 16.5. The number of hydrogen-bond acceptors (Lipinski definition) is 2. The molecule has 0 aliphatic carbocycles. The van der Waals surface area contributed by atoms with Crippen molar-refractivity contribution in [2.24, 2.45) is 0 Å². The van der Waals surface area contributed by atoms with Crippen LogP contribution in [0.15, 0.2) is 30.9 Å². The number of rotatable bonds is 4. The smallest absolute Gasteiger partial charge is 0.216 e. The van der Waals surface area contributed by atoms with Gasteiger partial charge in [-0.2, -0.15) is 0 Å². The van der Waals surface area contributed by atoms with Crippen LogP contribution in [0.2, 0.25) is 0 Å². The molecular formula is C16H20BF2NO2. The lowest BCUT2D eigenvalue weighted by Crippen LogP contribution is -2.48. The number of amides is 1. The van der Waals surface area contributed by atoms with Crippen molar-refractivity contribution < 1.29 is 18.3 Å². The van der Waals surface area contributed by atoms with Gasteiger partial charge in [0.15, 0.2) is 5.81 Å². The Morgan fingerprint density at radius 1 is 1.41 bits per heavy atom. The fourth-order valence-corrected chi connectivity index (χ4v) is 3.25. The summed E-state index contributed by atoms with van der Waals surface area (Å²) in [5, 5.41) is 0. The molecule has 1 aliphatic heterocycles. The van der Waals surface area contributed by atoms with Crippen molar-refractivity contribution in [1.29, 1.82) is 0 Å². The maximum absolute atomic E-state index is 13.4. The van der Waals surface area contributed by atoms with E-state index in [0.717, 1.165) is 6.07 Å². The molecule has 0 saturated carbocycles. The predicted molar refractivity (Wildman–Crippen MR) is 83.4 cm³/mol. The van der Waals surface area contributed by atoms with Crippen molar-refractivity contribution in [2.45, 2.75) is 44.6 Å². The summed E-state index contributed by atoms with van der Waals surface area (Å²) in [6.45, 7) is 7.34. The minimum Gasteiger partial charge on any atom is -0.350 e. The number of benzene rings is 1. The highest BCUT2D eigenvalue weighted by atomic mass is 19.1. The minimum absolute atomic E-state index is 0.126. The first-order valence-electron chi connectivity index (χ1n) is 7.28. The second-order valence-electron chi connectivity index (χ2n) is 6.07. The Morgan fingerprint density at radius 2 is 2.00 bits per heavy atom. The summed E-state index contributed by atoms with van der Waals surface area (Å²) in [5.41, 5.74) is -0.250. The van der Waals surface area contributed by atoms with Gasteiger partial charge in [0, 0.05) is 6.07 Å². The number of carbonyl (C=O) groups excluding carboxylic acids is 1. The van der Waals surface area contributed by atoms with Crippen LogP contribution in [-0.2, 0) is 11.2 Å². The molecule has 0 N–H and O–H groups in total. The summed E-state index contributed by atoms with van der Waals surface area (Å²) in [7, 11) is 1.47. The van der Waals surface area contributed by atoms with E-state index in [-0.39, 0.29) is 18.0 Å². The molecule has 1 aliphatic rings. The lowest BCUT2D eigenvalue weighted by molar-refractivity contribution is -0.0564. The van der Waals surface area contributed by atoms with Crippen molar-refractivity contribution in [3.8, 4) is 0 Å². The molecule has 2 atom stereocenters. The average molecular weight is 307 g/mol. The van der Waals surface area contributed by atoms with E-state index in [1.807, 2.05) is 13.8 Å². The number of nitrogens with zero attached hydrogens (tertiary/aromatic N) is 1. The van der Waals surface area contributed by atoms with Gasteiger partial charge in [0.2, 0.25) is 7.85 Å². The third-order valence-electron chi connectivity index (χ3n) is 3.89. The Hall–Kier alpha value is -1.69. The molecule has 1 saturated heterocycles. The Kier molecular flexibility index (Phi) is 4.70. The lowest BCUT2D eigenvalue weighted by Gasteiger charge is -2.33. The zero-order valence-corrected chi connectivity index (χ0v) is 13.1. The maximum atomic E-state index is 13.4. The van der Waals surface area contributed by atoms with Crippen LogP contribution in [-0.4, -0.2) is 36.4 Å². The van der Waals surface area contributed by atoms with E-state index in [4.69, 9.17) is 4.74 Å². The monoisotopic (exact) mass is 307 g/mol. The van der Waals surface area contributed by atoms with Crippen molar-refractivity contribution in [2.75, 3.05) is 0 Å². The molecule has 22 heavy (non-hydrogen) atoms. The molecule has 1 aromatic carbocycles. The Morgan fingerprint density at radius 3 is 2.50 bits per heavy atom. The molecule has 1 aromatic rings. The molecule has 1 fully saturated rings. The van der Waals surface area contributed by atoms with E-state index in [1.54, 1.807) is 11.0 Å². The normalized spacial score (nSPS) is 23.5. The third kappa shape index (κ3) is 3.38. The molecule has 2 rings (SSSR count). The van der Waals surface area contributed by atoms with E-state index in [1.165, 1.54) is 20.0 Å². The molecule has 0 radical (unpaired) electrons. The van der Waals surface area contributed by atoms with E-state index in [9.17, 15) is 13.6 Å². The number of halogens is 2. The van der Waals surface area contributed by atoms with E-state index in [0.29, 0.717) is 18.4 Å². The maximum Gasteiger partial charge on any atom is 0.216 e. The summed E-state index contributed by atoms with van der Waals surface area (Å²) >= 11 is 0. The lowest BCUT2D eigenvalue weighted by atomic mass is 9.95. The zero-order valence-electron chi connectivity index (χ0n) is 13.1. The topological polar surface area (TPSA) is 29.5 Å². The highest BCUT2D eigenvalue weighted by Gasteiger charge is 2.47. The van der Waals surface area contributed by atoms with E-state index >= 15 is 0 Å². The van der Waals surface area contributed by atoms with Gasteiger partial charge in [-0.25, -0.2) is 8.78 Å². The quantitative estimate of drug-likeness (QED) is 0.632. The molecule has 118 valence electrons. The fraction of sp³-hybridized carbons (Fsp3) is 0.438. The van der Waals surface area contributed by atoms with Gasteiger partial charge in [-0.1, -0.05) is 6.08 Å². The minimum atomic E-state index is -0.754. The summed E-state index contributed by atoms with van der Waals surface area (Å²) < 4.78 is 32.7. The largest absolute Gasteiger partial charge is 0.350 e. The van der Waals surface area contributed by atoms with Crippen LogP contribution in [0.5, 0.6) is 0 Å². The van der Waals surface area contributed by atoms with E-state index in [2.05, 4.69) is 6.58 Å². The number of ether oxygens (including phenoxy) is 1. The van der Waals surface area contributed by atoms with Gasteiger partial charge in [0.05, 0.1) is 12.1 Å². The van der Waals surface area contributed by atoms with Gasteiger partial charge in [-0.15, -0.1) is 6.58 Å².